The number of hydrogen-bond donors (Lipinski definition) is 3. The molecular weight excluding hydrogens is 484 g/mol. The van der Waals surface area contributed by atoms with Crippen LogP contribution in [-0.4, -0.2) is 51.6 Å². The van der Waals surface area contributed by atoms with Crippen molar-refractivity contribution in [2.24, 2.45) is 10.7 Å². The van der Waals surface area contributed by atoms with Gasteiger partial charge in [-0.15, -0.1) is 0 Å². The van der Waals surface area contributed by atoms with Gasteiger partial charge in [0.05, 0.1) is 30.7 Å². The van der Waals surface area contributed by atoms with Gasteiger partial charge in [-0.1, -0.05) is 24.6 Å². The monoisotopic (exact) mass is 520 g/mol. The number of hydrogen-bond acceptors (Lipinski definition) is 7. The SMILES string of the molecule is CC[C@@]1(C)CC(=O)N([C@@H]2CCOc3ccc(C(=O)N[C@@H]4c5cc(C)ccc5OC(C)(C)[C@H]4O)cc32)C(N)=N1. The summed E-state index contributed by atoms with van der Waals surface area (Å²) >= 11 is 0. The fourth-order valence-corrected chi connectivity index (χ4v) is 5.53. The van der Waals surface area contributed by atoms with Gasteiger partial charge in [0.1, 0.15) is 23.2 Å². The van der Waals surface area contributed by atoms with Crippen LogP contribution < -0.4 is 20.5 Å². The van der Waals surface area contributed by atoms with E-state index in [0.29, 0.717) is 42.1 Å². The zero-order valence-electron chi connectivity index (χ0n) is 22.6. The summed E-state index contributed by atoms with van der Waals surface area (Å²) in [5.41, 5.74) is 7.74. The van der Waals surface area contributed by atoms with Crippen LogP contribution in [0.4, 0.5) is 0 Å². The number of aliphatic hydroxyl groups excluding tert-OH is 1. The highest BCUT2D eigenvalue weighted by Crippen LogP contribution is 2.42. The largest absolute Gasteiger partial charge is 0.493 e. The van der Waals surface area contributed by atoms with Crippen LogP contribution in [0.15, 0.2) is 41.4 Å². The van der Waals surface area contributed by atoms with Gasteiger partial charge in [0.25, 0.3) is 5.91 Å². The van der Waals surface area contributed by atoms with Crippen LogP contribution in [0.2, 0.25) is 0 Å². The second kappa shape index (κ2) is 9.31. The molecule has 0 radical (unpaired) electrons. The number of nitrogens with one attached hydrogen (secondary N) is 1. The minimum atomic E-state index is -0.968. The van der Waals surface area contributed by atoms with Crippen molar-refractivity contribution in [2.75, 3.05) is 6.61 Å². The van der Waals surface area contributed by atoms with Crippen LogP contribution in [0, 0.1) is 6.92 Å². The zero-order chi connectivity index (χ0) is 27.4. The van der Waals surface area contributed by atoms with Gasteiger partial charge in [-0.3, -0.25) is 14.5 Å². The molecule has 202 valence electrons. The van der Waals surface area contributed by atoms with Gasteiger partial charge in [0, 0.05) is 23.1 Å². The third-order valence-corrected chi connectivity index (χ3v) is 7.97. The van der Waals surface area contributed by atoms with Gasteiger partial charge in [-0.2, -0.15) is 0 Å². The van der Waals surface area contributed by atoms with Crippen LogP contribution in [0.1, 0.15) is 86.1 Å². The number of nitrogens with two attached hydrogens (primary N) is 1. The summed E-state index contributed by atoms with van der Waals surface area (Å²) in [6, 6.07) is 9.85. The topological polar surface area (TPSA) is 126 Å². The first-order valence-electron chi connectivity index (χ1n) is 13.1. The molecule has 0 bridgehead atoms. The lowest BCUT2D eigenvalue weighted by Crippen LogP contribution is -2.53. The molecule has 0 aliphatic carbocycles. The Bertz CT molecular complexity index is 1320. The molecule has 3 heterocycles. The number of aliphatic hydroxyl groups is 1. The maximum absolute atomic E-state index is 13.6. The Labute approximate surface area is 223 Å². The molecule has 2 amide bonds. The third-order valence-electron chi connectivity index (χ3n) is 7.97. The van der Waals surface area contributed by atoms with Gasteiger partial charge in [0.2, 0.25) is 5.91 Å². The fraction of sp³-hybridized carbons (Fsp3) is 0.483. The summed E-state index contributed by atoms with van der Waals surface area (Å²) in [5, 5.41) is 14.1. The molecule has 0 fully saturated rings. The highest BCUT2D eigenvalue weighted by atomic mass is 16.5. The zero-order valence-corrected chi connectivity index (χ0v) is 22.6. The molecule has 5 rings (SSSR count). The van der Waals surface area contributed by atoms with Crippen molar-refractivity contribution in [3.05, 3.63) is 58.7 Å². The second-order valence-corrected chi connectivity index (χ2v) is 11.3. The van der Waals surface area contributed by atoms with Crippen molar-refractivity contribution in [2.45, 2.75) is 83.2 Å². The Morgan fingerprint density at radius 3 is 2.63 bits per heavy atom. The summed E-state index contributed by atoms with van der Waals surface area (Å²) < 4.78 is 11.9. The minimum Gasteiger partial charge on any atom is -0.493 e. The quantitative estimate of drug-likeness (QED) is 0.566. The van der Waals surface area contributed by atoms with Gasteiger partial charge < -0.3 is 25.6 Å². The van der Waals surface area contributed by atoms with Crippen molar-refractivity contribution < 1.29 is 24.2 Å². The van der Waals surface area contributed by atoms with Crippen molar-refractivity contribution in [3.63, 3.8) is 0 Å². The predicted molar refractivity (Wildman–Crippen MR) is 143 cm³/mol. The van der Waals surface area contributed by atoms with E-state index in [-0.39, 0.29) is 30.2 Å². The Kier molecular flexibility index (Phi) is 6.38. The lowest BCUT2D eigenvalue weighted by molar-refractivity contribution is -0.131. The predicted octanol–water partition coefficient (Wildman–Crippen LogP) is 3.54. The Morgan fingerprint density at radius 1 is 1.18 bits per heavy atom. The molecule has 4 N–H and O–H groups in total. The van der Waals surface area contributed by atoms with Gasteiger partial charge in [-0.25, -0.2) is 4.99 Å². The second-order valence-electron chi connectivity index (χ2n) is 11.3. The average Bonchev–Trinajstić information content (AvgIpc) is 2.86. The van der Waals surface area contributed by atoms with E-state index in [1.54, 1.807) is 36.9 Å². The number of carbonyl (C=O) groups is 2. The maximum Gasteiger partial charge on any atom is 0.251 e. The number of guanidine groups is 1. The number of ether oxygens (including phenoxy) is 2. The molecule has 2 aromatic carbocycles. The molecule has 0 saturated carbocycles. The molecule has 2 aromatic rings. The molecule has 0 spiro atoms. The third kappa shape index (κ3) is 4.49. The summed E-state index contributed by atoms with van der Waals surface area (Å²) in [6.07, 6.45) is 0.541. The molecule has 3 aliphatic heterocycles. The van der Waals surface area contributed by atoms with Gasteiger partial charge in [0.15, 0.2) is 5.96 Å². The lowest BCUT2D eigenvalue weighted by Gasteiger charge is -2.42. The Hall–Kier alpha value is -3.59. The van der Waals surface area contributed by atoms with Crippen molar-refractivity contribution in [3.8, 4) is 11.5 Å². The van der Waals surface area contributed by atoms with Crippen LogP contribution in [0.25, 0.3) is 0 Å². The van der Waals surface area contributed by atoms with E-state index in [2.05, 4.69) is 10.3 Å². The van der Waals surface area contributed by atoms with E-state index in [1.807, 2.05) is 39.0 Å². The standard InChI is InChI=1S/C29H36N4O5/c1-6-29(5)15-23(34)33(27(30)32-29)20-11-12-37-21-10-8-17(14-18(20)21)26(36)31-24-19-13-16(2)7-9-22(19)38-28(3,4)25(24)35/h7-10,13-14,20,24-25,35H,6,11-12,15H2,1-5H3,(H2,30,32)(H,31,36)/t20-,24-,25+,29+/m1/s1. The Morgan fingerprint density at radius 2 is 1.92 bits per heavy atom. The number of carbonyl (C=O) groups excluding carboxylic acids is 2. The minimum absolute atomic E-state index is 0.0888. The summed E-state index contributed by atoms with van der Waals surface area (Å²) in [5.74, 6) is 0.992. The number of fused-ring (bicyclic) bond motifs is 2. The summed E-state index contributed by atoms with van der Waals surface area (Å²) in [7, 11) is 0. The van der Waals surface area contributed by atoms with E-state index >= 15 is 0 Å². The van der Waals surface area contributed by atoms with E-state index in [1.165, 1.54) is 0 Å². The van der Waals surface area contributed by atoms with Crippen molar-refractivity contribution in [1.29, 1.82) is 0 Å². The number of aliphatic imine (C=N–C) groups is 1. The first-order chi connectivity index (χ1) is 17.9. The summed E-state index contributed by atoms with van der Waals surface area (Å²) in [6.45, 7) is 9.89. The van der Waals surface area contributed by atoms with E-state index < -0.39 is 23.3 Å². The molecule has 0 saturated heterocycles. The first-order valence-corrected chi connectivity index (χ1v) is 13.1. The molecule has 4 atom stereocenters. The first kappa shape index (κ1) is 26.0. The maximum atomic E-state index is 13.6. The molecule has 0 aromatic heterocycles. The molecule has 0 unspecified atom stereocenters. The van der Waals surface area contributed by atoms with Gasteiger partial charge in [-0.05, 0) is 58.4 Å². The van der Waals surface area contributed by atoms with E-state index in [0.717, 1.165) is 11.1 Å². The Balaban J connectivity index is 1.46. The molecular formula is C29H36N4O5. The number of nitrogens with zero attached hydrogens (tertiary/aromatic N) is 2. The normalized spacial score (nSPS) is 27.8. The number of amides is 2. The van der Waals surface area contributed by atoms with Crippen LogP contribution in [0.3, 0.4) is 0 Å². The molecule has 9 heteroatoms. The smallest absolute Gasteiger partial charge is 0.251 e. The van der Waals surface area contributed by atoms with E-state index in [9.17, 15) is 14.7 Å². The average molecular weight is 521 g/mol. The highest BCUT2D eigenvalue weighted by molar-refractivity contribution is 6.00. The van der Waals surface area contributed by atoms with Crippen LogP contribution in [0.5, 0.6) is 11.5 Å². The van der Waals surface area contributed by atoms with Crippen LogP contribution in [-0.2, 0) is 4.79 Å². The fourth-order valence-electron chi connectivity index (χ4n) is 5.53. The molecule has 38 heavy (non-hydrogen) atoms. The van der Waals surface area contributed by atoms with Crippen molar-refractivity contribution >= 4 is 17.8 Å². The van der Waals surface area contributed by atoms with Crippen LogP contribution >= 0.6 is 0 Å². The number of benzene rings is 2. The van der Waals surface area contributed by atoms with E-state index in [4.69, 9.17) is 15.2 Å². The summed E-state index contributed by atoms with van der Waals surface area (Å²) in [4.78, 5) is 33.0. The lowest BCUT2D eigenvalue weighted by atomic mass is 9.85. The number of rotatable bonds is 4. The number of aryl methyl sites for hydroxylation is 1. The molecule has 3 aliphatic rings. The van der Waals surface area contributed by atoms with Crippen molar-refractivity contribution in [1.82, 2.24) is 10.2 Å². The molecule has 9 nitrogen and oxygen atoms in total. The van der Waals surface area contributed by atoms with Gasteiger partial charge >= 0.3 is 0 Å². The highest BCUT2D eigenvalue weighted by Gasteiger charge is 2.44.